The Morgan fingerprint density at radius 1 is 1.33 bits per heavy atom. The average Bonchev–Trinajstić information content (AvgIpc) is 2.36. The third-order valence-electron chi connectivity index (χ3n) is 1.61. The van der Waals surface area contributed by atoms with Crippen LogP contribution in [0, 0.1) is 5.41 Å². The molecule has 1 aliphatic rings. The molecular formula is C7H8O2. The molecule has 0 aromatic heterocycles. The standard InChI is InChI=1S/C7H8O2/c8-5-7(6-9)3-1-2-4-7/h1,3,5-6H,2,4H2. The molecule has 0 fully saturated rings. The zero-order valence-corrected chi connectivity index (χ0v) is 5.04. The van der Waals surface area contributed by atoms with E-state index in [0.717, 1.165) is 6.42 Å². The molecule has 0 N–H and O–H groups in total. The highest BCUT2D eigenvalue weighted by molar-refractivity contribution is 5.87. The predicted molar refractivity (Wildman–Crippen MR) is 32.9 cm³/mol. The van der Waals surface area contributed by atoms with Gasteiger partial charge in [0.1, 0.15) is 12.6 Å². The van der Waals surface area contributed by atoms with E-state index in [1.807, 2.05) is 6.08 Å². The van der Waals surface area contributed by atoms with Crippen molar-refractivity contribution >= 4 is 12.6 Å². The summed E-state index contributed by atoms with van der Waals surface area (Å²) in [6, 6.07) is 0. The Morgan fingerprint density at radius 3 is 2.22 bits per heavy atom. The second kappa shape index (κ2) is 2.13. The van der Waals surface area contributed by atoms with Crippen LogP contribution in [-0.4, -0.2) is 12.6 Å². The van der Waals surface area contributed by atoms with E-state index in [0.29, 0.717) is 19.0 Å². The van der Waals surface area contributed by atoms with E-state index in [4.69, 9.17) is 0 Å². The largest absolute Gasteiger partial charge is 0.302 e. The molecule has 0 bridgehead atoms. The average molecular weight is 124 g/mol. The Balaban J connectivity index is 2.79. The summed E-state index contributed by atoms with van der Waals surface area (Å²) in [5.74, 6) is 0. The van der Waals surface area contributed by atoms with Gasteiger partial charge in [-0.3, -0.25) is 0 Å². The maximum atomic E-state index is 10.3. The van der Waals surface area contributed by atoms with Gasteiger partial charge in [-0.15, -0.1) is 0 Å². The van der Waals surface area contributed by atoms with Crippen LogP contribution in [0.25, 0.3) is 0 Å². The zero-order valence-electron chi connectivity index (χ0n) is 5.04. The normalized spacial score (nSPS) is 21.8. The molecule has 0 saturated carbocycles. The molecule has 0 heterocycles. The van der Waals surface area contributed by atoms with Crippen molar-refractivity contribution in [3.8, 4) is 0 Å². The molecule has 0 atom stereocenters. The number of aldehydes is 2. The van der Waals surface area contributed by atoms with Crippen LogP contribution in [0.3, 0.4) is 0 Å². The van der Waals surface area contributed by atoms with Crippen molar-refractivity contribution in [3.05, 3.63) is 12.2 Å². The van der Waals surface area contributed by atoms with E-state index >= 15 is 0 Å². The van der Waals surface area contributed by atoms with Crippen LogP contribution in [0.15, 0.2) is 12.2 Å². The molecule has 1 aliphatic carbocycles. The lowest BCUT2D eigenvalue weighted by Gasteiger charge is -2.08. The van der Waals surface area contributed by atoms with Crippen molar-refractivity contribution in [3.63, 3.8) is 0 Å². The van der Waals surface area contributed by atoms with Crippen molar-refractivity contribution in [2.75, 3.05) is 0 Å². The Morgan fingerprint density at radius 2 is 2.00 bits per heavy atom. The summed E-state index contributed by atoms with van der Waals surface area (Å²) in [5, 5.41) is 0. The molecule has 0 aromatic rings. The minimum atomic E-state index is -0.764. The maximum Gasteiger partial charge on any atom is 0.137 e. The second-order valence-corrected chi connectivity index (χ2v) is 2.29. The highest BCUT2D eigenvalue weighted by Crippen LogP contribution is 2.26. The van der Waals surface area contributed by atoms with Gasteiger partial charge >= 0.3 is 0 Å². The van der Waals surface area contributed by atoms with Crippen LogP contribution in [0.2, 0.25) is 0 Å². The van der Waals surface area contributed by atoms with Gasteiger partial charge in [0, 0.05) is 0 Å². The molecular weight excluding hydrogens is 116 g/mol. The fourth-order valence-electron chi connectivity index (χ4n) is 0.944. The Labute approximate surface area is 53.6 Å². The van der Waals surface area contributed by atoms with Gasteiger partial charge in [0.2, 0.25) is 0 Å². The van der Waals surface area contributed by atoms with Gasteiger partial charge < -0.3 is 9.59 Å². The molecule has 1 rings (SSSR count). The first-order valence-corrected chi connectivity index (χ1v) is 2.93. The van der Waals surface area contributed by atoms with Crippen LogP contribution in [0.4, 0.5) is 0 Å². The summed E-state index contributed by atoms with van der Waals surface area (Å²) in [7, 11) is 0. The molecule has 9 heavy (non-hydrogen) atoms. The molecule has 2 heteroatoms. The topological polar surface area (TPSA) is 34.1 Å². The minimum Gasteiger partial charge on any atom is -0.302 e. The first-order valence-electron chi connectivity index (χ1n) is 2.93. The SMILES string of the molecule is O=CC1(C=O)C=CCC1. The van der Waals surface area contributed by atoms with Gasteiger partial charge in [0.25, 0.3) is 0 Å². The van der Waals surface area contributed by atoms with Gasteiger partial charge in [-0.25, -0.2) is 0 Å². The number of hydrogen-bond acceptors (Lipinski definition) is 2. The van der Waals surface area contributed by atoms with E-state index in [1.54, 1.807) is 6.08 Å². The van der Waals surface area contributed by atoms with Gasteiger partial charge in [-0.05, 0) is 12.8 Å². The zero-order chi connectivity index (χ0) is 6.74. The van der Waals surface area contributed by atoms with Crippen LogP contribution in [0.5, 0.6) is 0 Å². The van der Waals surface area contributed by atoms with E-state index in [-0.39, 0.29) is 0 Å². The smallest absolute Gasteiger partial charge is 0.137 e. The van der Waals surface area contributed by atoms with Gasteiger partial charge in [-0.1, -0.05) is 12.2 Å². The predicted octanol–water partition coefficient (Wildman–Crippen LogP) is 0.721. The summed E-state index contributed by atoms with van der Waals surface area (Å²) in [6.45, 7) is 0. The lowest BCUT2D eigenvalue weighted by molar-refractivity contribution is -0.123. The molecule has 0 radical (unpaired) electrons. The highest BCUT2D eigenvalue weighted by Gasteiger charge is 2.28. The summed E-state index contributed by atoms with van der Waals surface area (Å²) in [5.41, 5.74) is -0.764. The molecule has 0 aliphatic heterocycles. The van der Waals surface area contributed by atoms with Gasteiger partial charge in [0.15, 0.2) is 0 Å². The number of carbonyl (C=O) groups is 2. The summed E-state index contributed by atoms with van der Waals surface area (Å²) in [6.07, 6.45) is 6.46. The van der Waals surface area contributed by atoms with Crippen molar-refractivity contribution in [2.45, 2.75) is 12.8 Å². The first kappa shape index (κ1) is 6.20. The minimum absolute atomic E-state index is 0.653. The van der Waals surface area contributed by atoms with E-state index in [2.05, 4.69) is 0 Å². The van der Waals surface area contributed by atoms with Crippen LogP contribution < -0.4 is 0 Å². The molecule has 2 nitrogen and oxygen atoms in total. The molecule has 48 valence electrons. The molecule has 0 saturated heterocycles. The van der Waals surface area contributed by atoms with Crippen molar-refractivity contribution in [1.29, 1.82) is 0 Å². The fourth-order valence-corrected chi connectivity index (χ4v) is 0.944. The Bertz CT molecular complexity index is 150. The van der Waals surface area contributed by atoms with E-state index in [9.17, 15) is 9.59 Å². The molecule has 0 amide bonds. The second-order valence-electron chi connectivity index (χ2n) is 2.29. The first-order chi connectivity index (χ1) is 4.33. The van der Waals surface area contributed by atoms with Crippen molar-refractivity contribution in [2.24, 2.45) is 5.41 Å². The maximum absolute atomic E-state index is 10.3. The highest BCUT2D eigenvalue weighted by atomic mass is 16.1. The summed E-state index contributed by atoms with van der Waals surface area (Å²) >= 11 is 0. The number of rotatable bonds is 2. The van der Waals surface area contributed by atoms with Crippen molar-refractivity contribution in [1.82, 2.24) is 0 Å². The lowest BCUT2D eigenvalue weighted by atomic mass is 9.92. The molecule has 0 spiro atoms. The number of hydrogen-bond donors (Lipinski definition) is 0. The number of allylic oxidation sites excluding steroid dienone is 2. The Kier molecular flexibility index (Phi) is 1.47. The van der Waals surface area contributed by atoms with Crippen LogP contribution in [-0.2, 0) is 9.59 Å². The number of carbonyl (C=O) groups excluding carboxylic acids is 2. The fraction of sp³-hybridized carbons (Fsp3) is 0.429. The molecule has 0 aromatic carbocycles. The quantitative estimate of drug-likeness (QED) is 0.309. The summed E-state index contributed by atoms with van der Waals surface area (Å²) < 4.78 is 0. The third-order valence-corrected chi connectivity index (χ3v) is 1.61. The van der Waals surface area contributed by atoms with Gasteiger partial charge in [-0.2, -0.15) is 0 Å². The lowest BCUT2D eigenvalue weighted by Crippen LogP contribution is -2.17. The van der Waals surface area contributed by atoms with E-state index in [1.165, 1.54) is 0 Å². The summed E-state index contributed by atoms with van der Waals surface area (Å²) in [4.78, 5) is 20.6. The monoisotopic (exact) mass is 124 g/mol. The molecule has 0 unspecified atom stereocenters. The van der Waals surface area contributed by atoms with Crippen LogP contribution in [0.1, 0.15) is 12.8 Å². The Hall–Kier alpha value is -0.920. The van der Waals surface area contributed by atoms with E-state index < -0.39 is 5.41 Å². The third kappa shape index (κ3) is 0.922. The van der Waals surface area contributed by atoms with Crippen LogP contribution >= 0.6 is 0 Å². The van der Waals surface area contributed by atoms with Crippen molar-refractivity contribution < 1.29 is 9.59 Å². The van der Waals surface area contributed by atoms with Gasteiger partial charge in [0.05, 0.1) is 5.41 Å².